The van der Waals surface area contributed by atoms with Crippen molar-refractivity contribution < 1.29 is 26.3 Å². The quantitative estimate of drug-likeness (QED) is 0.640. The molecule has 0 aromatic carbocycles. The maximum absolute atomic E-state index is 13.5. The first kappa shape index (κ1) is 20.6. The Balaban J connectivity index is 2.08. The van der Waals surface area contributed by atoms with Gasteiger partial charge in [-0.25, -0.2) is 4.98 Å². The van der Waals surface area contributed by atoms with Gasteiger partial charge in [-0.3, -0.25) is 0 Å². The zero-order valence-electron chi connectivity index (χ0n) is 14.6. The van der Waals surface area contributed by atoms with Crippen molar-refractivity contribution in [3.05, 3.63) is 22.0 Å². The van der Waals surface area contributed by atoms with Crippen LogP contribution in [0.1, 0.15) is 36.2 Å². The van der Waals surface area contributed by atoms with Crippen molar-refractivity contribution >= 4 is 28.3 Å². The fourth-order valence-corrected chi connectivity index (χ4v) is 3.77. The van der Waals surface area contributed by atoms with Gasteiger partial charge in [-0.1, -0.05) is 11.6 Å². The molecule has 28 heavy (non-hydrogen) atoms. The van der Waals surface area contributed by atoms with E-state index in [-0.39, 0.29) is 47.7 Å². The monoisotopic (exact) mass is 424 g/mol. The molecule has 152 valence electrons. The number of hydrogen-bond acceptors (Lipinski definition) is 3. The summed E-state index contributed by atoms with van der Waals surface area (Å²) >= 11 is 6.08. The third-order valence-corrected chi connectivity index (χ3v) is 5.31. The van der Waals surface area contributed by atoms with Crippen LogP contribution < -0.4 is 4.90 Å². The summed E-state index contributed by atoms with van der Waals surface area (Å²) in [6.07, 6.45) is -9.79. The molecule has 0 bridgehead atoms. The van der Waals surface area contributed by atoms with Gasteiger partial charge in [0.1, 0.15) is 17.1 Å². The average Bonchev–Trinajstić information content (AvgIpc) is 2.86. The number of nitrogens with zero attached hydrogens (tertiary/aromatic N) is 3. The Labute approximate surface area is 161 Å². The summed E-state index contributed by atoms with van der Waals surface area (Å²) in [5.41, 5.74) is -1.57. The van der Waals surface area contributed by atoms with Crippen LogP contribution in [-0.2, 0) is 6.18 Å². The molecule has 0 unspecified atom stereocenters. The van der Waals surface area contributed by atoms with Gasteiger partial charge in [-0.2, -0.15) is 31.6 Å². The van der Waals surface area contributed by atoms with E-state index in [0.717, 1.165) is 0 Å². The van der Waals surface area contributed by atoms with Crippen molar-refractivity contribution in [2.75, 3.05) is 18.0 Å². The molecule has 0 amide bonds. The number of halogens is 7. The second kappa shape index (κ2) is 7.03. The van der Waals surface area contributed by atoms with E-state index in [1.807, 2.05) is 0 Å². The van der Waals surface area contributed by atoms with Gasteiger partial charge in [0.15, 0.2) is 5.69 Å². The number of aromatic nitrogens is 2. The lowest BCUT2D eigenvalue weighted by Gasteiger charge is -2.35. The van der Waals surface area contributed by atoms with Crippen LogP contribution in [0.3, 0.4) is 0 Å². The van der Waals surface area contributed by atoms with Crippen LogP contribution >= 0.6 is 11.6 Å². The molecule has 0 spiro atoms. The zero-order chi connectivity index (χ0) is 20.9. The first-order chi connectivity index (χ1) is 12.9. The van der Waals surface area contributed by atoms with Crippen LogP contribution in [0.5, 0.6) is 0 Å². The van der Waals surface area contributed by atoms with E-state index in [2.05, 4.69) is 9.97 Å². The molecule has 0 saturated carbocycles. The molecule has 1 fully saturated rings. The third-order valence-electron chi connectivity index (χ3n) is 4.85. The Kier molecular flexibility index (Phi) is 5.17. The lowest BCUT2D eigenvalue weighted by atomic mass is 9.92. The molecule has 1 aliphatic heterocycles. The van der Waals surface area contributed by atoms with Crippen molar-refractivity contribution in [1.82, 2.24) is 9.97 Å². The number of aromatic amines is 1. The molecule has 3 heterocycles. The average molecular weight is 425 g/mol. The maximum atomic E-state index is 13.5. The second-order valence-electron chi connectivity index (χ2n) is 6.83. The third kappa shape index (κ3) is 3.85. The molecule has 11 heteroatoms. The van der Waals surface area contributed by atoms with Crippen LogP contribution in [0.15, 0.2) is 0 Å². The van der Waals surface area contributed by atoms with Crippen LogP contribution in [0.4, 0.5) is 32.0 Å². The molecule has 1 aliphatic rings. The fourth-order valence-electron chi connectivity index (χ4n) is 3.59. The Bertz CT molecular complexity index is 932. The predicted octanol–water partition coefficient (Wildman–Crippen LogP) is 5.58. The summed E-state index contributed by atoms with van der Waals surface area (Å²) < 4.78 is 78.3. The molecule has 2 aromatic rings. The highest BCUT2D eigenvalue weighted by atomic mass is 35.5. The van der Waals surface area contributed by atoms with Gasteiger partial charge in [0.2, 0.25) is 0 Å². The number of aryl methyl sites for hydroxylation is 1. The number of hydrogen-bond donors (Lipinski definition) is 1. The van der Waals surface area contributed by atoms with Gasteiger partial charge in [-0.05, 0) is 25.7 Å². The van der Waals surface area contributed by atoms with Gasteiger partial charge in [0.05, 0.1) is 16.2 Å². The highest BCUT2D eigenvalue weighted by Gasteiger charge is 2.40. The summed E-state index contributed by atoms with van der Waals surface area (Å²) in [7, 11) is 0. The number of nitrogens with one attached hydrogen (secondary N) is 1. The number of nitriles is 1. The van der Waals surface area contributed by atoms with Crippen molar-refractivity contribution in [3.63, 3.8) is 0 Å². The summed E-state index contributed by atoms with van der Waals surface area (Å²) in [5, 5.41) is 9.43. The van der Waals surface area contributed by atoms with Crippen molar-refractivity contribution in [2.45, 2.75) is 38.5 Å². The molecule has 1 saturated heterocycles. The number of pyridine rings is 1. The van der Waals surface area contributed by atoms with Crippen molar-refractivity contribution in [2.24, 2.45) is 5.92 Å². The van der Waals surface area contributed by atoms with Crippen LogP contribution in [0.2, 0.25) is 5.02 Å². The van der Waals surface area contributed by atoms with Crippen LogP contribution in [0.25, 0.3) is 11.0 Å². The SMILES string of the molecule is Cc1[nH]c2c(N3CCC(CC(F)(F)F)CC3)c(C#N)c(C(F)(F)F)nc2c1Cl. The zero-order valence-corrected chi connectivity index (χ0v) is 15.4. The standard InChI is InChI=1S/C17H15ClF6N4/c1-8-11(18)12-13(26-8)14(10(7-25)15(27-12)17(22,23)24)28-4-2-9(3-5-28)6-16(19,20)21/h9,26H,2-6H2,1H3. The Hall–Kier alpha value is -2.15. The molecular weight excluding hydrogens is 410 g/mol. The van der Waals surface area contributed by atoms with E-state index < -0.39 is 35.9 Å². The van der Waals surface area contributed by atoms with Gasteiger partial charge in [0, 0.05) is 25.2 Å². The van der Waals surface area contributed by atoms with E-state index in [4.69, 9.17) is 11.6 Å². The van der Waals surface area contributed by atoms with Crippen LogP contribution in [-0.4, -0.2) is 29.2 Å². The molecule has 0 atom stereocenters. The largest absolute Gasteiger partial charge is 0.434 e. The summed E-state index contributed by atoms with van der Waals surface area (Å²) in [5.74, 6) is -0.602. The van der Waals surface area contributed by atoms with Gasteiger partial charge in [-0.15, -0.1) is 0 Å². The number of H-pyrrole nitrogens is 1. The van der Waals surface area contributed by atoms with Crippen molar-refractivity contribution in [1.29, 1.82) is 5.26 Å². The Morgan fingerprint density at radius 2 is 1.82 bits per heavy atom. The molecular formula is C17H15ClF6N4. The van der Waals surface area contributed by atoms with E-state index in [9.17, 15) is 31.6 Å². The molecule has 1 N–H and O–H groups in total. The number of rotatable bonds is 2. The summed E-state index contributed by atoms with van der Waals surface area (Å²) in [6, 6.07) is 1.57. The Morgan fingerprint density at radius 1 is 1.21 bits per heavy atom. The van der Waals surface area contributed by atoms with E-state index in [1.54, 1.807) is 13.0 Å². The van der Waals surface area contributed by atoms with Crippen molar-refractivity contribution in [3.8, 4) is 6.07 Å². The molecule has 4 nitrogen and oxygen atoms in total. The van der Waals surface area contributed by atoms with Gasteiger partial charge >= 0.3 is 12.4 Å². The highest BCUT2D eigenvalue weighted by molar-refractivity contribution is 6.36. The second-order valence-corrected chi connectivity index (χ2v) is 7.21. The predicted molar refractivity (Wildman–Crippen MR) is 91.2 cm³/mol. The first-order valence-electron chi connectivity index (χ1n) is 8.43. The minimum atomic E-state index is -4.88. The number of fused-ring (bicyclic) bond motifs is 1. The van der Waals surface area contributed by atoms with E-state index in [1.165, 1.54) is 4.90 Å². The van der Waals surface area contributed by atoms with Gasteiger partial charge in [0.25, 0.3) is 0 Å². The van der Waals surface area contributed by atoms with Crippen LogP contribution in [0, 0.1) is 24.2 Å². The minimum absolute atomic E-state index is 0.0122. The summed E-state index contributed by atoms with van der Waals surface area (Å²) in [6.45, 7) is 1.76. The number of anilines is 1. The maximum Gasteiger partial charge on any atom is 0.434 e. The number of piperidine rings is 1. The first-order valence-corrected chi connectivity index (χ1v) is 8.81. The van der Waals surface area contributed by atoms with E-state index in [0.29, 0.717) is 5.69 Å². The highest BCUT2D eigenvalue weighted by Crippen LogP contribution is 2.42. The Morgan fingerprint density at radius 3 is 2.32 bits per heavy atom. The van der Waals surface area contributed by atoms with E-state index >= 15 is 0 Å². The minimum Gasteiger partial charge on any atom is -0.369 e. The smallest absolute Gasteiger partial charge is 0.369 e. The molecule has 3 rings (SSSR count). The number of alkyl halides is 6. The molecule has 0 aliphatic carbocycles. The molecule has 2 aromatic heterocycles. The lowest BCUT2D eigenvalue weighted by molar-refractivity contribution is -0.146. The molecule has 0 radical (unpaired) electrons. The lowest BCUT2D eigenvalue weighted by Crippen LogP contribution is -2.36. The summed E-state index contributed by atoms with van der Waals surface area (Å²) in [4.78, 5) is 7.94. The topological polar surface area (TPSA) is 55.7 Å². The fraction of sp³-hybridized carbons (Fsp3) is 0.529. The normalized spacial score (nSPS) is 16.6. The van der Waals surface area contributed by atoms with Gasteiger partial charge < -0.3 is 9.88 Å².